The van der Waals surface area contributed by atoms with Crippen molar-refractivity contribution in [1.82, 2.24) is 9.88 Å². The molecule has 0 saturated carbocycles. The average Bonchev–Trinajstić information content (AvgIpc) is 2.64. The van der Waals surface area contributed by atoms with E-state index in [1.165, 1.54) is 13.0 Å². The Balaban J connectivity index is 2.17. The summed E-state index contributed by atoms with van der Waals surface area (Å²) in [4.78, 5) is 28.9. The molecule has 1 amide bonds. The molecule has 0 fully saturated rings. The van der Waals surface area contributed by atoms with Crippen molar-refractivity contribution in [1.29, 1.82) is 0 Å². The number of carbonyl (C=O) groups excluding carboxylic acids is 1. The van der Waals surface area contributed by atoms with Crippen LogP contribution in [-0.4, -0.2) is 45.7 Å². The molecule has 0 aliphatic heterocycles. The highest BCUT2D eigenvalue weighted by atomic mass is 19.4. The number of aliphatic carboxylic acids is 1. The van der Waals surface area contributed by atoms with Gasteiger partial charge in [0.2, 0.25) is 5.88 Å². The minimum absolute atomic E-state index is 0.0402. The number of carboxylic acid groups (broad SMARTS) is 1. The molecule has 0 aliphatic rings. The van der Waals surface area contributed by atoms with Crippen molar-refractivity contribution in [3.8, 4) is 5.88 Å². The normalized spacial score (nSPS) is 12.3. The Morgan fingerprint density at radius 3 is 2.37 bits per heavy atom. The first-order chi connectivity index (χ1) is 12.7. The minimum atomic E-state index is -4.50. The van der Waals surface area contributed by atoms with Crippen LogP contribution in [0.1, 0.15) is 22.8 Å². The molecule has 0 aliphatic carbocycles. The predicted molar refractivity (Wildman–Crippen MR) is 89.2 cm³/mol. The van der Waals surface area contributed by atoms with Crippen LogP contribution in [0.2, 0.25) is 0 Å². The second-order valence-electron chi connectivity index (χ2n) is 5.72. The number of benzene rings is 1. The maximum atomic E-state index is 12.7. The van der Waals surface area contributed by atoms with Crippen molar-refractivity contribution in [2.24, 2.45) is 0 Å². The van der Waals surface area contributed by atoms with Crippen molar-refractivity contribution in [2.45, 2.75) is 25.7 Å². The van der Waals surface area contributed by atoms with Gasteiger partial charge in [-0.15, -0.1) is 0 Å². The van der Waals surface area contributed by atoms with Gasteiger partial charge in [0.05, 0.1) is 5.56 Å². The molecule has 1 aromatic heterocycles. The van der Waals surface area contributed by atoms with Gasteiger partial charge in [-0.3, -0.25) is 4.79 Å². The fourth-order valence-electron chi connectivity index (χ4n) is 2.21. The molecule has 9 heteroatoms. The number of carbonyl (C=O) groups is 2. The lowest BCUT2D eigenvalue weighted by Gasteiger charge is -2.26. The van der Waals surface area contributed by atoms with Crippen LogP contribution in [-0.2, 0) is 11.3 Å². The molecule has 0 saturated heterocycles. The van der Waals surface area contributed by atoms with E-state index in [9.17, 15) is 27.9 Å². The number of nitrogens with zero attached hydrogens (tertiary/aromatic N) is 2. The van der Waals surface area contributed by atoms with Gasteiger partial charge in [-0.05, 0) is 18.6 Å². The summed E-state index contributed by atoms with van der Waals surface area (Å²) in [6, 6.07) is 10.1. The van der Waals surface area contributed by atoms with Gasteiger partial charge in [0.25, 0.3) is 5.91 Å². The van der Waals surface area contributed by atoms with Gasteiger partial charge in [0.1, 0.15) is 6.04 Å². The molecule has 1 heterocycles. The van der Waals surface area contributed by atoms with E-state index in [2.05, 4.69) is 9.72 Å². The summed E-state index contributed by atoms with van der Waals surface area (Å²) >= 11 is 0. The maximum absolute atomic E-state index is 12.7. The van der Waals surface area contributed by atoms with E-state index in [0.717, 1.165) is 22.7 Å². The monoisotopic (exact) mass is 382 g/mol. The van der Waals surface area contributed by atoms with Crippen LogP contribution in [0.3, 0.4) is 0 Å². The Hall–Kier alpha value is -3.10. The molecule has 2 aromatic rings. The number of ether oxygens (including phenoxy) is 1. The lowest BCUT2D eigenvalue weighted by molar-refractivity contribution is -0.154. The zero-order valence-corrected chi connectivity index (χ0v) is 14.3. The third kappa shape index (κ3) is 5.98. The molecule has 1 atom stereocenters. The van der Waals surface area contributed by atoms with Crippen LogP contribution in [0.5, 0.6) is 5.88 Å². The number of hydrogen-bond acceptors (Lipinski definition) is 4. The van der Waals surface area contributed by atoms with Crippen LogP contribution >= 0.6 is 0 Å². The Bertz CT molecular complexity index is 779. The molecule has 27 heavy (non-hydrogen) atoms. The van der Waals surface area contributed by atoms with E-state index in [4.69, 9.17) is 0 Å². The summed E-state index contributed by atoms with van der Waals surface area (Å²) in [5.74, 6) is -2.08. The third-order valence-electron chi connectivity index (χ3n) is 3.65. The summed E-state index contributed by atoms with van der Waals surface area (Å²) in [7, 11) is 0. The number of halogens is 3. The van der Waals surface area contributed by atoms with Crippen molar-refractivity contribution in [3.63, 3.8) is 0 Å². The van der Waals surface area contributed by atoms with E-state index in [-0.39, 0.29) is 18.0 Å². The highest BCUT2D eigenvalue weighted by Gasteiger charge is 2.29. The highest BCUT2D eigenvalue weighted by molar-refractivity contribution is 5.96. The van der Waals surface area contributed by atoms with Crippen LogP contribution in [0.4, 0.5) is 13.2 Å². The molecule has 1 aromatic carbocycles. The SMILES string of the molecule is CC(C(=O)O)N(Cc1ccccc1)C(=O)c1ccc(OCC(F)(F)F)nc1. The van der Waals surface area contributed by atoms with Crippen LogP contribution < -0.4 is 4.74 Å². The maximum Gasteiger partial charge on any atom is 0.422 e. The van der Waals surface area contributed by atoms with E-state index in [0.29, 0.717) is 0 Å². The average molecular weight is 382 g/mol. The first kappa shape index (κ1) is 20.2. The van der Waals surface area contributed by atoms with Crippen LogP contribution in [0, 0.1) is 0 Å². The Labute approximate surface area is 153 Å². The van der Waals surface area contributed by atoms with E-state index in [1.54, 1.807) is 30.3 Å². The number of amides is 1. The molecule has 2 rings (SSSR count). The highest BCUT2D eigenvalue weighted by Crippen LogP contribution is 2.18. The van der Waals surface area contributed by atoms with Crippen molar-refractivity contribution in [2.75, 3.05) is 6.61 Å². The van der Waals surface area contributed by atoms with Crippen molar-refractivity contribution in [3.05, 3.63) is 59.8 Å². The molecule has 144 valence electrons. The molecule has 0 radical (unpaired) electrons. The second kappa shape index (κ2) is 8.52. The summed E-state index contributed by atoms with van der Waals surface area (Å²) in [6.07, 6.45) is -3.44. The summed E-state index contributed by atoms with van der Waals surface area (Å²) in [6.45, 7) is -0.0691. The Morgan fingerprint density at radius 1 is 1.19 bits per heavy atom. The van der Waals surface area contributed by atoms with E-state index < -0.39 is 30.7 Å². The van der Waals surface area contributed by atoms with Crippen LogP contribution in [0.25, 0.3) is 0 Å². The van der Waals surface area contributed by atoms with Gasteiger partial charge in [-0.25, -0.2) is 9.78 Å². The van der Waals surface area contributed by atoms with Crippen molar-refractivity contribution >= 4 is 11.9 Å². The second-order valence-corrected chi connectivity index (χ2v) is 5.72. The number of carboxylic acids is 1. The molecular formula is C18H17F3N2O4. The van der Waals surface area contributed by atoms with Gasteiger partial charge < -0.3 is 14.7 Å². The number of alkyl halides is 3. The summed E-state index contributed by atoms with van der Waals surface area (Å²) in [5, 5.41) is 9.28. The largest absolute Gasteiger partial charge is 0.480 e. The topological polar surface area (TPSA) is 79.7 Å². The first-order valence-corrected chi connectivity index (χ1v) is 7.90. The fourth-order valence-corrected chi connectivity index (χ4v) is 2.21. The van der Waals surface area contributed by atoms with Crippen LogP contribution in [0.15, 0.2) is 48.7 Å². The van der Waals surface area contributed by atoms with E-state index in [1.807, 2.05) is 0 Å². The quantitative estimate of drug-likeness (QED) is 0.796. The molecule has 0 bridgehead atoms. The van der Waals surface area contributed by atoms with Gasteiger partial charge >= 0.3 is 12.1 Å². The predicted octanol–water partition coefficient (Wildman–Crippen LogP) is 3.14. The molecule has 1 N–H and O–H groups in total. The third-order valence-corrected chi connectivity index (χ3v) is 3.65. The number of pyridine rings is 1. The van der Waals surface area contributed by atoms with Gasteiger partial charge in [-0.1, -0.05) is 30.3 Å². The lowest BCUT2D eigenvalue weighted by atomic mass is 10.1. The van der Waals surface area contributed by atoms with E-state index >= 15 is 0 Å². The lowest BCUT2D eigenvalue weighted by Crippen LogP contribution is -2.42. The molecular weight excluding hydrogens is 365 g/mol. The molecule has 0 spiro atoms. The van der Waals surface area contributed by atoms with Gasteiger partial charge in [-0.2, -0.15) is 13.2 Å². The zero-order chi connectivity index (χ0) is 20.0. The Morgan fingerprint density at radius 2 is 1.85 bits per heavy atom. The number of hydrogen-bond donors (Lipinski definition) is 1. The Kier molecular flexibility index (Phi) is 6.38. The minimum Gasteiger partial charge on any atom is -0.480 e. The van der Waals surface area contributed by atoms with Gasteiger partial charge in [0, 0.05) is 18.8 Å². The van der Waals surface area contributed by atoms with Crippen molar-refractivity contribution < 1.29 is 32.6 Å². The molecule has 6 nitrogen and oxygen atoms in total. The fraction of sp³-hybridized carbons (Fsp3) is 0.278. The first-order valence-electron chi connectivity index (χ1n) is 7.90. The zero-order valence-electron chi connectivity index (χ0n) is 14.3. The number of rotatable bonds is 7. The number of aromatic nitrogens is 1. The smallest absolute Gasteiger partial charge is 0.422 e. The summed E-state index contributed by atoms with van der Waals surface area (Å²) < 4.78 is 41.0. The standard InChI is InChI=1S/C18H17F3N2O4/c1-12(17(25)26)23(10-13-5-3-2-4-6-13)16(24)14-7-8-15(22-9-14)27-11-18(19,20)21/h2-9,12H,10-11H2,1H3,(H,25,26). The molecule has 1 unspecified atom stereocenters. The van der Waals surface area contributed by atoms with Gasteiger partial charge in [0.15, 0.2) is 6.61 Å². The summed E-state index contributed by atoms with van der Waals surface area (Å²) in [5.41, 5.74) is 0.774.